The molecule has 1 aromatic carbocycles. The molecule has 0 bridgehead atoms. The highest BCUT2D eigenvalue weighted by Gasteiger charge is 2.06. The van der Waals surface area contributed by atoms with Gasteiger partial charge in [0.15, 0.2) is 0 Å². The van der Waals surface area contributed by atoms with E-state index in [0.717, 1.165) is 22.7 Å². The number of anilines is 1. The summed E-state index contributed by atoms with van der Waals surface area (Å²) in [5.74, 6) is -0.205. The Hall–Kier alpha value is -1.39. The molecule has 90 valence electrons. The van der Waals surface area contributed by atoms with Crippen LogP contribution in [-0.4, -0.2) is 0 Å². The molecule has 17 heavy (non-hydrogen) atoms. The lowest BCUT2D eigenvalue weighted by atomic mass is 10.1. The monoisotopic (exact) mass is 250 g/mol. The van der Waals surface area contributed by atoms with E-state index in [1.165, 1.54) is 12.1 Å². The summed E-state index contributed by atoms with van der Waals surface area (Å²) in [6.07, 6.45) is 0. The van der Waals surface area contributed by atoms with Gasteiger partial charge in [0, 0.05) is 23.2 Å². The van der Waals surface area contributed by atoms with E-state index in [-0.39, 0.29) is 11.9 Å². The van der Waals surface area contributed by atoms with Crippen LogP contribution in [0.25, 0.3) is 0 Å². The van der Waals surface area contributed by atoms with Crippen molar-refractivity contribution in [3.05, 3.63) is 52.0 Å². The summed E-state index contributed by atoms with van der Waals surface area (Å²) in [7, 11) is 0. The van der Waals surface area contributed by atoms with Gasteiger partial charge < -0.3 is 11.1 Å². The van der Waals surface area contributed by atoms with E-state index in [1.54, 1.807) is 23.5 Å². The van der Waals surface area contributed by atoms with E-state index in [2.05, 4.69) is 12.2 Å². The summed E-state index contributed by atoms with van der Waals surface area (Å²) in [5, 5.41) is 5.35. The van der Waals surface area contributed by atoms with Crippen molar-refractivity contribution in [2.24, 2.45) is 0 Å². The van der Waals surface area contributed by atoms with E-state index in [1.807, 2.05) is 11.4 Å². The van der Waals surface area contributed by atoms with Crippen LogP contribution in [0.4, 0.5) is 10.1 Å². The molecule has 0 saturated heterocycles. The quantitative estimate of drug-likeness (QED) is 0.873. The van der Waals surface area contributed by atoms with Gasteiger partial charge in [0.2, 0.25) is 0 Å². The maximum Gasteiger partial charge on any atom is 0.123 e. The maximum atomic E-state index is 12.8. The standard InChI is InChI=1S/C13H15FN2S/c1-9(10-2-4-11(14)5-3-10)16-8-13-12(15)6-7-17-13/h2-7,9,16H,8,15H2,1H3. The van der Waals surface area contributed by atoms with Gasteiger partial charge in [-0.25, -0.2) is 4.39 Å². The Morgan fingerprint density at radius 2 is 2.00 bits per heavy atom. The molecule has 1 unspecified atom stereocenters. The molecule has 1 heterocycles. The van der Waals surface area contributed by atoms with Gasteiger partial charge in [-0.05, 0) is 36.1 Å². The number of hydrogen-bond donors (Lipinski definition) is 2. The second kappa shape index (κ2) is 5.29. The zero-order valence-corrected chi connectivity index (χ0v) is 10.4. The fourth-order valence-electron chi connectivity index (χ4n) is 1.61. The molecule has 1 aromatic heterocycles. The Morgan fingerprint density at radius 1 is 1.29 bits per heavy atom. The first-order valence-corrected chi connectivity index (χ1v) is 6.35. The second-order valence-corrected chi connectivity index (χ2v) is 4.95. The van der Waals surface area contributed by atoms with Gasteiger partial charge in [0.1, 0.15) is 5.82 Å². The summed E-state index contributed by atoms with van der Waals surface area (Å²) < 4.78 is 12.8. The highest BCUT2D eigenvalue weighted by Crippen LogP contribution is 2.20. The Balaban J connectivity index is 1.95. The average molecular weight is 250 g/mol. The number of benzene rings is 1. The van der Waals surface area contributed by atoms with Gasteiger partial charge >= 0.3 is 0 Å². The topological polar surface area (TPSA) is 38.0 Å². The molecule has 0 radical (unpaired) electrons. The highest BCUT2D eigenvalue weighted by atomic mass is 32.1. The molecule has 2 rings (SSSR count). The van der Waals surface area contributed by atoms with E-state index in [4.69, 9.17) is 5.73 Å². The van der Waals surface area contributed by atoms with Crippen LogP contribution in [0.1, 0.15) is 23.4 Å². The maximum absolute atomic E-state index is 12.8. The lowest BCUT2D eigenvalue weighted by Gasteiger charge is -2.13. The third-order valence-electron chi connectivity index (χ3n) is 2.72. The minimum atomic E-state index is -0.205. The van der Waals surface area contributed by atoms with Crippen LogP contribution in [0.5, 0.6) is 0 Å². The predicted octanol–water partition coefficient (Wildman–Crippen LogP) is 3.32. The van der Waals surface area contributed by atoms with E-state index in [9.17, 15) is 4.39 Å². The zero-order valence-electron chi connectivity index (χ0n) is 9.61. The summed E-state index contributed by atoms with van der Waals surface area (Å²) in [5.41, 5.74) is 7.70. The van der Waals surface area contributed by atoms with E-state index >= 15 is 0 Å². The molecule has 4 heteroatoms. The Labute approximate surface area is 104 Å². The molecule has 3 N–H and O–H groups in total. The molecular formula is C13H15FN2S. The molecule has 0 spiro atoms. The van der Waals surface area contributed by atoms with Gasteiger partial charge in [-0.1, -0.05) is 12.1 Å². The molecule has 2 aromatic rings. The largest absolute Gasteiger partial charge is 0.398 e. The van der Waals surface area contributed by atoms with Crippen LogP contribution in [0, 0.1) is 5.82 Å². The SMILES string of the molecule is CC(NCc1sccc1N)c1ccc(F)cc1. The lowest BCUT2D eigenvalue weighted by Crippen LogP contribution is -2.17. The van der Waals surface area contributed by atoms with Crippen molar-refractivity contribution in [2.75, 3.05) is 5.73 Å². The fourth-order valence-corrected chi connectivity index (χ4v) is 2.36. The number of nitrogen functional groups attached to an aromatic ring is 1. The first-order chi connectivity index (χ1) is 8.16. The van der Waals surface area contributed by atoms with Crippen LogP contribution in [-0.2, 0) is 6.54 Å². The van der Waals surface area contributed by atoms with Crippen LogP contribution in [0.3, 0.4) is 0 Å². The molecular weight excluding hydrogens is 235 g/mol. The van der Waals surface area contributed by atoms with Gasteiger partial charge in [-0.15, -0.1) is 11.3 Å². The van der Waals surface area contributed by atoms with Crippen molar-refractivity contribution >= 4 is 17.0 Å². The summed E-state index contributed by atoms with van der Waals surface area (Å²) in [6, 6.07) is 8.64. The molecule has 0 amide bonds. The average Bonchev–Trinajstić information content (AvgIpc) is 2.73. The van der Waals surface area contributed by atoms with Crippen LogP contribution >= 0.6 is 11.3 Å². The highest BCUT2D eigenvalue weighted by molar-refractivity contribution is 7.10. The molecule has 0 saturated carbocycles. The third-order valence-corrected chi connectivity index (χ3v) is 3.66. The minimum absolute atomic E-state index is 0.178. The van der Waals surface area contributed by atoms with Gasteiger partial charge in [0.05, 0.1) is 0 Å². The number of rotatable bonds is 4. The molecule has 2 nitrogen and oxygen atoms in total. The number of nitrogens with two attached hydrogens (primary N) is 1. The van der Waals surface area contributed by atoms with Crippen molar-refractivity contribution in [3.63, 3.8) is 0 Å². The van der Waals surface area contributed by atoms with Crippen molar-refractivity contribution in [1.29, 1.82) is 0 Å². The third kappa shape index (κ3) is 3.05. The molecule has 0 aliphatic rings. The van der Waals surface area contributed by atoms with Crippen molar-refractivity contribution in [2.45, 2.75) is 19.5 Å². The first kappa shape index (κ1) is 12.1. The van der Waals surface area contributed by atoms with Crippen LogP contribution in [0.15, 0.2) is 35.7 Å². The van der Waals surface area contributed by atoms with E-state index < -0.39 is 0 Å². The van der Waals surface area contributed by atoms with Gasteiger partial charge in [-0.3, -0.25) is 0 Å². The van der Waals surface area contributed by atoms with Gasteiger partial charge in [-0.2, -0.15) is 0 Å². The summed E-state index contributed by atoms with van der Waals surface area (Å²) >= 11 is 1.64. The smallest absolute Gasteiger partial charge is 0.123 e. The van der Waals surface area contributed by atoms with Gasteiger partial charge in [0.25, 0.3) is 0 Å². The Bertz CT molecular complexity index is 478. The minimum Gasteiger partial charge on any atom is -0.398 e. The lowest BCUT2D eigenvalue weighted by molar-refractivity contribution is 0.575. The zero-order chi connectivity index (χ0) is 12.3. The Kier molecular flexibility index (Phi) is 3.76. The number of nitrogens with one attached hydrogen (secondary N) is 1. The van der Waals surface area contributed by atoms with E-state index in [0.29, 0.717) is 0 Å². The van der Waals surface area contributed by atoms with Crippen molar-refractivity contribution in [1.82, 2.24) is 5.32 Å². The molecule has 0 aliphatic heterocycles. The van der Waals surface area contributed by atoms with Crippen LogP contribution < -0.4 is 11.1 Å². The molecule has 0 aliphatic carbocycles. The number of hydrogen-bond acceptors (Lipinski definition) is 3. The van der Waals surface area contributed by atoms with Crippen LogP contribution in [0.2, 0.25) is 0 Å². The normalized spacial score (nSPS) is 12.6. The van der Waals surface area contributed by atoms with Crippen molar-refractivity contribution in [3.8, 4) is 0 Å². The second-order valence-electron chi connectivity index (χ2n) is 3.95. The fraction of sp³-hybridized carbons (Fsp3) is 0.231. The molecule has 0 fully saturated rings. The Morgan fingerprint density at radius 3 is 2.59 bits per heavy atom. The molecule has 1 atom stereocenters. The number of thiophene rings is 1. The summed E-state index contributed by atoms with van der Waals surface area (Å²) in [4.78, 5) is 1.14. The summed E-state index contributed by atoms with van der Waals surface area (Å²) in [6.45, 7) is 2.79. The first-order valence-electron chi connectivity index (χ1n) is 5.47. The van der Waals surface area contributed by atoms with Crippen molar-refractivity contribution < 1.29 is 4.39 Å². The predicted molar refractivity (Wildman–Crippen MR) is 70.4 cm³/mol. The number of halogens is 1.